The summed E-state index contributed by atoms with van der Waals surface area (Å²) in [7, 11) is 1.59. The highest BCUT2D eigenvalue weighted by Crippen LogP contribution is 2.33. The van der Waals surface area contributed by atoms with E-state index in [0.717, 1.165) is 11.1 Å². The fraction of sp³-hybridized carbons (Fsp3) is 0.0833. The van der Waals surface area contributed by atoms with Crippen molar-refractivity contribution in [2.75, 3.05) is 7.11 Å². The van der Waals surface area contributed by atoms with Crippen LogP contribution in [-0.4, -0.2) is 17.1 Å². The molecule has 17 heavy (non-hydrogen) atoms. The third-order valence-corrected chi connectivity index (χ3v) is 2.91. The first kappa shape index (κ1) is 11.6. The van der Waals surface area contributed by atoms with E-state index >= 15 is 0 Å². The van der Waals surface area contributed by atoms with Crippen molar-refractivity contribution < 1.29 is 4.74 Å². The number of nitrogens with zero attached hydrogens (tertiary/aromatic N) is 3. The highest BCUT2D eigenvalue weighted by molar-refractivity contribution is 9.10. The number of aromatic nitrogens is 2. The Hall–Kier alpha value is -1.93. The van der Waals surface area contributed by atoms with E-state index in [9.17, 15) is 0 Å². The Balaban J connectivity index is 2.65. The molecule has 1 aromatic carbocycles. The smallest absolute Gasteiger partial charge is 0.126 e. The number of methoxy groups -OCH3 is 1. The van der Waals surface area contributed by atoms with E-state index < -0.39 is 0 Å². The molecule has 1 heterocycles. The fourth-order valence-corrected chi connectivity index (χ4v) is 1.89. The number of rotatable bonds is 2. The maximum absolute atomic E-state index is 8.91. The van der Waals surface area contributed by atoms with Crippen LogP contribution in [0.3, 0.4) is 0 Å². The van der Waals surface area contributed by atoms with Gasteiger partial charge in [0.1, 0.15) is 16.7 Å². The van der Waals surface area contributed by atoms with Crippen LogP contribution in [0, 0.1) is 11.3 Å². The molecule has 0 amide bonds. The maximum Gasteiger partial charge on any atom is 0.126 e. The van der Waals surface area contributed by atoms with Crippen molar-refractivity contribution in [3.63, 3.8) is 0 Å². The van der Waals surface area contributed by atoms with Crippen molar-refractivity contribution in [2.24, 2.45) is 0 Å². The average molecular weight is 290 g/mol. The van der Waals surface area contributed by atoms with E-state index in [0.29, 0.717) is 15.9 Å². The molecule has 0 atom stereocenters. The Morgan fingerprint density at radius 3 is 2.82 bits per heavy atom. The molecule has 1 aromatic heterocycles. The van der Waals surface area contributed by atoms with Crippen molar-refractivity contribution in [1.82, 2.24) is 9.97 Å². The van der Waals surface area contributed by atoms with Crippen molar-refractivity contribution in [1.29, 1.82) is 5.26 Å². The number of halogens is 1. The van der Waals surface area contributed by atoms with E-state index in [4.69, 9.17) is 10.00 Å². The van der Waals surface area contributed by atoms with Gasteiger partial charge in [0.15, 0.2) is 0 Å². The Labute approximate surface area is 107 Å². The Morgan fingerprint density at radius 2 is 2.18 bits per heavy atom. The molecular weight excluding hydrogens is 282 g/mol. The molecule has 84 valence electrons. The minimum Gasteiger partial charge on any atom is -0.496 e. The molecule has 0 aliphatic rings. The molecule has 2 aromatic rings. The second kappa shape index (κ2) is 4.93. The van der Waals surface area contributed by atoms with Gasteiger partial charge in [-0.15, -0.1) is 0 Å². The van der Waals surface area contributed by atoms with Gasteiger partial charge in [0.05, 0.1) is 18.7 Å². The zero-order chi connectivity index (χ0) is 12.3. The van der Waals surface area contributed by atoms with Gasteiger partial charge >= 0.3 is 0 Å². The standard InChI is InChI=1S/C12H8BrN3O/c1-17-11-3-2-8(5-14)4-9(11)10-6-15-7-16-12(10)13/h2-4,6-7H,1H3. The van der Waals surface area contributed by atoms with Gasteiger partial charge in [-0.05, 0) is 34.1 Å². The van der Waals surface area contributed by atoms with E-state index in [1.54, 1.807) is 31.5 Å². The average Bonchev–Trinajstić information content (AvgIpc) is 2.38. The van der Waals surface area contributed by atoms with Gasteiger partial charge in [-0.2, -0.15) is 5.26 Å². The molecule has 0 aliphatic heterocycles. The Bertz CT molecular complexity index is 593. The number of hydrogen-bond acceptors (Lipinski definition) is 4. The summed E-state index contributed by atoms with van der Waals surface area (Å²) in [6, 6.07) is 7.31. The lowest BCUT2D eigenvalue weighted by atomic mass is 10.1. The van der Waals surface area contributed by atoms with E-state index in [1.807, 2.05) is 0 Å². The normalized spacial score (nSPS) is 9.71. The molecule has 0 bridgehead atoms. The summed E-state index contributed by atoms with van der Waals surface area (Å²) in [6.45, 7) is 0. The summed E-state index contributed by atoms with van der Waals surface area (Å²) in [5.41, 5.74) is 2.15. The first-order chi connectivity index (χ1) is 8.26. The minimum absolute atomic E-state index is 0.566. The van der Waals surface area contributed by atoms with Crippen LogP contribution in [0.2, 0.25) is 0 Å². The predicted octanol–water partition coefficient (Wildman–Crippen LogP) is 2.79. The number of benzene rings is 1. The lowest BCUT2D eigenvalue weighted by Crippen LogP contribution is -1.92. The monoisotopic (exact) mass is 289 g/mol. The molecule has 2 rings (SSSR count). The van der Waals surface area contributed by atoms with Gasteiger partial charge in [-0.1, -0.05) is 0 Å². The van der Waals surface area contributed by atoms with Crippen LogP contribution in [0.1, 0.15) is 5.56 Å². The Kier molecular flexibility index (Phi) is 3.35. The van der Waals surface area contributed by atoms with Crippen LogP contribution in [0.5, 0.6) is 5.75 Å². The summed E-state index contributed by atoms with van der Waals surface area (Å²) >= 11 is 3.35. The van der Waals surface area contributed by atoms with E-state index in [2.05, 4.69) is 32.0 Å². The maximum atomic E-state index is 8.91. The second-order valence-corrected chi connectivity index (χ2v) is 4.01. The van der Waals surface area contributed by atoms with Crippen LogP contribution < -0.4 is 4.74 Å². The molecule has 0 unspecified atom stereocenters. The highest BCUT2D eigenvalue weighted by Gasteiger charge is 2.11. The molecule has 0 spiro atoms. The third-order valence-electron chi connectivity index (χ3n) is 2.28. The van der Waals surface area contributed by atoms with Gasteiger partial charge in [-0.3, -0.25) is 0 Å². The SMILES string of the molecule is COc1ccc(C#N)cc1-c1cncnc1Br. The van der Waals surface area contributed by atoms with Gasteiger partial charge in [-0.25, -0.2) is 9.97 Å². The quantitative estimate of drug-likeness (QED) is 0.798. The van der Waals surface area contributed by atoms with Gasteiger partial charge in [0.2, 0.25) is 0 Å². The van der Waals surface area contributed by atoms with Gasteiger partial charge in [0.25, 0.3) is 0 Å². The fourth-order valence-electron chi connectivity index (χ4n) is 1.48. The molecule has 0 N–H and O–H groups in total. The topological polar surface area (TPSA) is 58.8 Å². The van der Waals surface area contributed by atoms with Crippen LogP contribution in [0.25, 0.3) is 11.1 Å². The van der Waals surface area contributed by atoms with Crippen molar-refractivity contribution in [2.45, 2.75) is 0 Å². The zero-order valence-corrected chi connectivity index (χ0v) is 10.6. The van der Waals surface area contributed by atoms with Gasteiger partial charge < -0.3 is 4.74 Å². The second-order valence-electron chi connectivity index (χ2n) is 3.25. The molecule has 0 radical (unpaired) electrons. The van der Waals surface area contributed by atoms with Crippen LogP contribution in [0.15, 0.2) is 35.3 Å². The Morgan fingerprint density at radius 1 is 1.35 bits per heavy atom. The molecule has 4 nitrogen and oxygen atoms in total. The zero-order valence-electron chi connectivity index (χ0n) is 9.01. The predicted molar refractivity (Wildman–Crippen MR) is 66.4 cm³/mol. The van der Waals surface area contributed by atoms with Crippen molar-refractivity contribution in [3.05, 3.63) is 40.9 Å². The summed E-state index contributed by atoms with van der Waals surface area (Å²) in [4.78, 5) is 8.03. The summed E-state index contributed by atoms with van der Waals surface area (Å²) in [6.07, 6.45) is 3.13. The van der Waals surface area contributed by atoms with Crippen molar-refractivity contribution >= 4 is 15.9 Å². The van der Waals surface area contributed by atoms with Crippen molar-refractivity contribution in [3.8, 4) is 22.9 Å². The number of nitriles is 1. The first-order valence-corrected chi connectivity index (χ1v) is 5.59. The molecule has 0 fully saturated rings. The number of hydrogen-bond donors (Lipinski definition) is 0. The molecule has 0 saturated carbocycles. The van der Waals surface area contributed by atoms with Crippen LogP contribution >= 0.6 is 15.9 Å². The molecular formula is C12H8BrN3O. The van der Waals surface area contributed by atoms with Crippen LogP contribution in [-0.2, 0) is 0 Å². The third kappa shape index (κ3) is 2.27. The molecule has 5 heteroatoms. The lowest BCUT2D eigenvalue weighted by molar-refractivity contribution is 0.416. The number of ether oxygens (including phenoxy) is 1. The molecule has 0 saturated heterocycles. The summed E-state index contributed by atoms with van der Waals surface area (Å²) in [5.74, 6) is 0.680. The molecule has 0 aliphatic carbocycles. The summed E-state index contributed by atoms with van der Waals surface area (Å²) < 4.78 is 5.94. The first-order valence-electron chi connectivity index (χ1n) is 4.80. The van der Waals surface area contributed by atoms with Crippen LogP contribution in [0.4, 0.5) is 0 Å². The lowest BCUT2D eigenvalue weighted by Gasteiger charge is -2.09. The van der Waals surface area contributed by atoms with E-state index in [1.165, 1.54) is 6.33 Å². The van der Waals surface area contributed by atoms with Gasteiger partial charge in [0, 0.05) is 17.3 Å². The summed E-state index contributed by atoms with van der Waals surface area (Å²) in [5, 5.41) is 8.91. The largest absolute Gasteiger partial charge is 0.496 e. The minimum atomic E-state index is 0.566. The highest BCUT2D eigenvalue weighted by atomic mass is 79.9. The van der Waals surface area contributed by atoms with E-state index in [-0.39, 0.29) is 0 Å².